The van der Waals surface area contributed by atoms with Crippen molar-refractivity contribution in [3.8, 4) is 0 Å². The molecule has 0 N–H and O–H groups in total. The molecule has 0 nitrogen and oxygen atoms in total. The average Bonchev–Trinajstić information content (AvgIpc) is 2.30. The van der Waals surface area contributed by atoms with Crippen LogP contribution in [0.3, 0.4) is 0 Å². The second-order valence-corrected chi connectivity index (χ2v) is 4.87. The van der Waals surface area contributed by atoms with Gasteiger partial charge in [0.05, 0.1) is 0 Å². The maximum atomic E-state index is 6.11. The minimum atomic E-state index is 0.925. The molecule has 1 rings (SSSR count). The Morgan fingerprint density at radius 3 is 2.19 bits per heavy atom. The van der Waals surface area contributed by atoms with Gasteiger partial charge in [-0.15, -0.1) is 0 Å². The van der Waals surface area contributed by atoms with Crippen LogP contribution in [0.5, 0.6) is 0 Å². The van der Waals surface area contributed by atoms with Gasteiger partial charge in [0.2, 0.25) is 0 Å². The van der Waals surface area contributed by atoms with Gasteiger partial charge in [0, 0.05) is 5.02 Å². The summed E-state index contributed by atoms with van der Waals surface area (Å²) in [5.41, 5.74) is 1.30. The molecule has 90 valence electrons. The van der Waals surface area contributed by atoms with E-state index in [0.717, 1.165) is 11.4 Å². The molecule has 0 amide bonds. The van der Waals surface area contributed by atoms with Crippen LogP contribution in [0.25, 0.3) is 0 Å². The molecule has 0 aliphatic rings. The molecule has 0 saturated heterocycles. The summed E-state index contributed by atoms with van der Waals surface area (Å²) >= 11 is 6.11. The highest BCUT2D eigenvalue weighted by Gasteiger charge is 1.98. The second kappa shape index (κ2) is 8.64. The van der Waals surface area contributed by atoms with Crippen molar-refractivity contribution in [1.82, 2.24) is 0 Å². The third kappa shape index (κ3) is 5.55. The Morgan fingerprint density at radius 1 is 0.875 bits per heavy atom. The molecule has 0 aliphatic carbocycles. The first-order valence-corrected chi connectivity index (χ1v) is 6.95. The lowest BCUT2D eigenvalue weighted by molar-refractivity contribution is 0.589. The van der Waals surface area contributed by atoms with E-state index in [-0.39, 0.29) is 0 Å². The number of halogens is 1. The van der Waals surface area contributed by atoms with Crippen LogP contribution in [0, 0.1) is 0 Å². The van der Waals surface area contributed by atoms with E-state index in [2.05, 4.69) is 19.1 Å². The summed E-state index contributed by atoms with van der Waals surface area (Å²) in [6.07, 6.45) is 10.7. The highest BCUT2D eigenvalue weighted by atomic mass is 35.5. The first-order chi connectivity index (χ1) is 7.84. The van der Waals surface area contributed by atoms with Crippen LogP contribution in [0.15, 0.2) is 24.3 Å². The summed E-state index contributed by atoms with van der Waals surface area (Å²) in [6, 6.07) is 8.19. The Morgan fingerprint density at radius 2 is 1.50 bits per heavy atom. The minimum Gasteiger partial charge on any atom is -0.0840 e. The van der Waals surface area contributed by atoms with E-state index < -0.39 is 0 Å². The van der Waals surface area contributed by atoms with Crippen LogP contribution in [-0.2, 0) is 6.42 Å². The van der Waals surface area contributed by atoms with Crippen molar-refractivity contribution >= 4 is 11.6 Å². The van der Waals surface area contributed by atoms with Crippen molar-refractivity contribution in [2.75, 3.05) is 0 Å². The van der Waals surface area contributed by atoms with Gasteiger partial charge in [-0.2, -0.15) is 0 Å². The summed E-state index contributed by atoms with van der Waals surface area (Å²) in [7, 11) is 0. The summed E-state index contributed by atoms with van der Waals surface area (Å²) in [5, 5.41) is 0.925. The molecule has 0 aliphatic heterocycles. The maximum Gasteiger partial charge on any atom is 0.0437 e. The molecule has 1 heteroatoms. The quantitative estimate of drug-likeness (QED) is 0.515. The third-order valence-electron chi connectivity index (χ3n) is 3.01. The monoisotopic (exact) mass is 238 g/mol. The first kappa shape index (κ1) is 13.6. The standard InChI is InChI=1S/C15H23Cl/c1-2-3-4-5-6-7-8-11-14-12-9-10-13-15(14)16/h9-10,12-13H,2-8,11H2,1H3. The van der Waals surface area contributed by atoms with Crippen molar-refractivity contribution in [1.29, 1.82) is 0 Å². The summed E-state index contributed by atoms with van der Waals surface area (Å²) in [4.78, 5) is 0. The topological polar surface area (TPSA) is 0 Å². The van der Waals surface area contributed by atoms with Gasteiger partial charge in [-0.3, -0.25) is 0 Å². The van der Waals surface area contributed by atoms with Crippen LogP contribution in [0.4, 0.5) is 0 Å². The zero-order valence-corrected chi connectivity index (χ0v) is 11.1. The van der Waals surface area contributed by atoms with Crippen molar-refractivity contribution in [2.45, 2.75) is 58.3 Å². The van der Waals surface area contributed by atoms with E-state index in [4.69, 9.17) is 11.6 Å². The molecule has 0 atom stereocenters. The van der Waals surface area contributed by atoms with Gasteiger partial charge in [0.25, 0.3) is 0 Å². The van der Waals surface area contributed by atoms with Crippen LogP contribution in [0.2, 0.25) is 5.02 Å². The average molecular weight is 239 g/mol. The van der Waals surface area contributed by atoms with Crippen molar-refractivity contribution < 1.29 is 0 Å². The molecule has 0 saturated carbocycles. The first-order valence-electron chi connectivity index (χ1n) is 6.58. The third-order valence-corrected chi connectivity index (χ3v) is 3.38. The summed E-state index contributed by atoms with van der Waals surface area (Å²) in [5.74, 6) is 0. The van der Waals surface area contributed by atoms with Gasteiger partial charge in [-0.1, -0.05) is 75.2 Å². The second-order valence-electron chi connectivity index (χ2n) is 4.46. The molecule has 0 spiro atoms. The molecule has 0 radical (unpaired) electrons. The number of benzene rings is 1. The van der Waals surface area contributed by atoms with Gasteiger partial charge in [-0.05, 0) is 24.5 Å². The fourth-order valence-corrected chi connectivity index (χ4v) is 2.20. The fraction of sp³-hybridized carbons (Fsp3) is 0.600. The van der Waals surface area contributed by atoms with Gasteiger partial charge < -0.3 is 0 Å². The van der Waals surface area contributed by atoms with Gasteiger partial charge in [-0.25, -0.2) is 0 Å². The van der Waals surface area contributed by atoms with E-state index >= 15 is 0 Å². The smallest absolute Gasteiger partial charge is 0.0437 e. The normalized spacial score (nSPS) is 10.6. The Balaban J connectivity index is 2.05. The van der Waals surface area contributed by atoms with E-state index in [0.29, 0.717) is 0 Å². The zero-order chi connectivity index (χ0) is 11.6. The number of unbranched alkanes of at least 4 members (excludes halogenated alkanes) is 6. The fourth-order valence-electron chi connectivity index (χ4n) is 1.97. The Hall–Kier alpha value is -0.490. The van der Waals surface area contributed by atoms with Crippen molar-refractivity contribution in [3.63, 3.8) is 0 Å². The number of hydrogen-bond donors (Lipinski definition) is 0. The van der Waals surface area contributed by atoms with Crippen molar-refractivity contribution in [3.05, 3.63) is 34.9 Å². The maximum absolute atomic E-state index is 6.11. The molecule has 1 aromatic carbocycles. The number of rotatable bonds is 8. The van der Waals surface area contributed by atoms with E-state index in [9.17, 15) is 0 Å². The largest absolute Gasteiger partial charge is 0.0840 e. The predicted octanol–water partition coefficient (Wildman–Crippen LogP) is 5.63. The molecule has 16 heavy (non-hydrogen) atoms. The SMILES string of the molecule is CCCCCCCCCc1ccccc1Cl. The molecule has 0 fully saturated rings. The predicted molar refractivity (Wildman–Crippen MR) is 73.1 cm³/mol. The minimum absolute atomic E-state index is 0.925. The van der Waals surface area contributed by atoms with Gasteiger partial charge >= 0.3 is 0 Å². The summed E-state index contributed by atoms with van der Waals surface area (Å²) < 4.78 is 0. The van der Waals surface area contributed by atoms with Gasteiger partial charge in [0.1, 0.15) is 0 Å². The molecule has 0 aromatic heterocycles. The lowest BCUT2D eigenvalue weighted by Gasteiger charge is -2.04. The lowest BCUT2D eigenvalue weighted by atomic mass is 10.0. The van der Waals surface area contributed by atoms with Crippen LogP contribution < -0.4 is 0 Å². The molecular formula is C15H23Cl. The number of aryl methyl sites for hydroxylation is 1. The van der Waals surface area contributed by atoms with Crippen LogP contribution >= 0.6 is 11.6 Å². The number of hydrogen-bond acceptors (Lipinski definition) is 0. The molecular weight excluding hydrogens is 216 g/mol. The summed E-state index contributed by atoms with van der Waals surface area (Å²) in [6.45, 7) is 2.26. The highest BCUT2D eigenvalue weighted by Crippen LogP contribution is 2.18. The lowest BCUT2D eigenvalue weighted by Crippen LogP contribution is -1.87. The van der Waals surface area contributed by atoms with Crippen LogP contribution in [0.1, 0.15) is 57.4 Å². The zero-order valence-electron chi connectivity index (χ0n) is 10.3. The van der Waals surface area contributed by atoms with Crippen LogP contribution in [-0.4, -0.2) is 0 Å². The Labute approximate surface area is 105 Å². The molecule has 0 heterocycles. The molecule has 1 aromatic rings. The highest BCUT2D eigenvalue weighted by molar-refractivity contribution is 6.31. The van der Waals surface area contributed by atoms with Crippen molar-refractivity contribution in [2.24, 2.45) is 0 Å². The Bertz CT molecular complexity index is 281. The molecule has 0 unspecified atom stereocenters. The van der Waals surface area contributed by atoms with E-state index in [1.54, 1.807) is 0 Å². The van der Waals surface area contributed by atoms with E-state index in [1.165, 1.54) is 50.5 Å². The van der Waals surface area contributed by atoms with E-state index in [1.807, 2.05) is 12.1 Å². The Kier molecular flexibility index (Phi) is 7.33. The molecule has 0 bridgehead atoms. The van der Waals surface area contributed by atoms with Gasteiger partial charge in [0.15, 0.2) is 0 Å².